The van der Waals surface area contributed by atoms with Crippen LogP contribution in [0, 0.1) is 11.0 Å². The van der Waals surface area contributed by atoms with Gasteiger partial charge in [0, 0.05) is 17.7 Å². The average Bonchev–Trinajstić information content (AvgIpc) is 3.20. The molecule has 29 heavy (non-hydrogen) atoms. The molecular weight excluding hydrogens is 729 g/mol. The van der Waals surface area contributed by atoms with E-state index >= 15 is 0 Å². The van der Waals surface area contributed by atoms with E-state index in [1.165, 1.54) is 9.36 Å². The number of hydrogen-bond donors (Lipinski definition) is 0. The molecule has 11 heteroatoms. The van der Waals surface area contributed by atoms with Gasteiger partial charge < -0.3 is 0 Å². The van der Waals surface area contributed by atoms with Gasteiger partial charge in [0.1, 0.15) is 7.40 Å². The first-order valence-electron chi connectivity index (χ1n) is 8.35. The molecule has 0 saturated heterocycles. The molecule has 0 radical (unpaired) electrons. The summed E-state index contributed by atoms with van der Waals surface area (Å²) in [7, 11) is 1.59. The first-order valence-corrected chi connectivity index (χ1v) is 12.6. The molecule has 4 aromatic rings. The number of benzene rings is 2. The summed E-state index contributed by atoms with van der Waals surface area (Å²) in [4.78, 5) is 13.3. The Bertz CT molecular complexity index is 1230. The Morgan fingerprint density at radius 1 is 0.966 bits per heavy atom. The van der Waals surface area contributed by atoms with Crippen molar-refractivity contribution >= 4 is 79.5 Å². The van der Waals surface area contributed by atoms with Crippen molar-refractivity contribution in [3.05, 3.63) is 75.6 Å². The number of hydrogen-bond acceptors (Lipinski definition) is 5. The predicted octanol–water partition coefficient (Wildman–Crippen LogP) is 4.26. The maximum Gasteiger partial charge on any atom is 0.368 e. The lowest BCUT2D eigenvalue weighted by Crippen LogP contribution is -2.22. The molecule has 2 aromatic carbocycles. The number of halogens is 3. The summed E-state index contributed by atoms with van der Waals surface area (Å²) < 4.78 is 7.79. The zero-order valence-corrected chi connectivity index (χ0v) is 22.2. The molecule has 2 heterocycles. The molecule has 0 unspecified atom stereocenters. The van der Waals surface area contributed by atoms with Crippen molar-refractivity contribution in [2.45, 2.75) is 10.6 Å². The van der Waals surface area contributed by atoms with Crippen LogP contribution in [0.1, 0.15) is 5.56 Å². The highest BCUT2D eigenvalue weighted by molar-refractivity contribution is 14.1. The van der Waals surface area contributed by atoms with E-state index in [9.17, 15) is 4.79 Å². The quantitative estimate of drug-likeness (QED) is 0.226. The molecule has 148 valence electrons. The molecule has 0 aliphatic heterocycles. The zero-order valence-electron chi connectivity index (χ0n) is 15.0. The molecular formula is C18H13I3N6OS. The van der Waals surface area contributed by atoms with Gasteiger partial charge in [-0.25, -0.2) is 9.48 Å². The first-order chi connectivity index (χ1) is 14.0. The van der Waals surface area contributed by atoms with Gasteiger partial charge in [0.25, 0.3) is 0 Å². The minimum absolute atomic E-state index is 0.259. The van der Waals surface area contributed by atoms with Crippen molar-refractivity contribution in [1.29, 1.82) is 0 Å². The van der Waals surface area contributed by atoms with Crippen molar-refractivity contribution in [2.24, 2.45) is 7.05 Å². The molecule has 0 aliphatic carbocycles. The van der Waals surface area contributed by atoms with E-state index in [0.717, 1.165) is 32.8 Å². The highest BCUT2D eigenvalue weighted by Gasteiger charge is 2.13. The van der Waals surface area contributed by atoms with Gasteiger partial charge >= 0.3 is 5.69 Å². The van der Waals surface area contributed by atoms with Crippen molar-refractivity contribution in [1.82, 2.24) is 29.6 Å². The van der Waals surface area contributed by atoms with E-state index in [1.54, 1.807) is 18.8 Å². The molecule has 0 amide bonds. The fourth-order valence-electron chi connectivity index (χ4n) is 2.67. The Balaban J connectivity index is 1.54. The van der Waals surface area contributed by atoms with Crippen LogP contribution in [0.15, 0.2) is 58.2 Å². The monoisotopic (exact) mass is 742 g/mol. The van der Waals surface area contributed by atoms with Crippen molar-refractivity contribution in [3.63, 3.8) is 0 Å². The second kappa shape index (κ2) is 9.05. The maximum absolute atomic E-state index is 12.2. The number of nitrogens with zero attached hydrogens (tertiary/aromatic N) is 6. The van der Waals surface area contributed by atoms with E-state index in [4.69, 9.17) is 0 Å². The predicted molar refractivity (Wildman–Crippen MR) is 138 cm³/mol. The lowest BCUT2D eigenvalue weighted by Gasteiger charge is -2.09. The number of tetrazole rings is 1. The van der Waals surface area contributed by atoms with E-state index in [0.29, 0.717) is 5.75 Å². The molecule has 0 atom stereocenters. The summed E-state index contributed by atoms with van der Waals surface area (Å²) in [6.07, 6.45) is 0. The topological polar surface area (TPSA) is 70.5 Å². The standard InChI is InChI=1S/C18H13I3N6OS/c1-25-18(28)27(24-23-25)14-5-3-2-4-11(14)10-29-13-8-6-12(7-9-13)26-17(21)15(19)16(20)22-26/h2-9H,10H2,1H3. The highest BCUT2D eigenvalue weighted by Crippen LogP contribution is 2.28. The van der Waals surface area contributed by atoms with Gasteiger partial charge in [-0.3, -0.25) is 0 Å². The molecule has 0 fully saturated rings. The van der Waals surface area contributed by atoms with Crippen LogP contribution in [0.5, 0.6) is 0 Å². The molecule has 0 bridgehead atoms. The van der Waals surface area contributed by atoms with Crippen molar-refractivity contribution in [2.75, 3.05) is 0 Å². The summed E-state index contributed by atoms with van der Waals surface area (Å²) in [6.45, 7) is 0. The second-order valence-corrected chi connectivity index (χ2v) is 10.2. The third kappa shape index (κ3) is 4.41. The smallest absolute Gasteiger partial charge is 0.244 e. The fourth-order valence-corrected chi connectivity index (χ4v) is 5.53. The zero-order chi connectivity index (χ0) is 20.5. The molecule has 0 saturated carbocycles. The highest BCUT2D eigenvalue weighted by atomic mass is 127. The average molecular weight is 742 g/mol. The van der Waals surface area contributed by atoms with Gasteiger partial charge in [-0.05, 0) is 114 Å². The van der Waals surface area contributed by atoms with Crippen molar-refractivity contribution < 1.29 is 0 Å². The molecule has 7 nitrogen and oxygen atoms in total. The van der Waals surface area contributed by atoms with Gasteiger partial charge in [0.05, 0.1) is 14.9 Å². The van der Waals surface area contributed by atoms with Gasteiger partial charge in [-0.1, -0.05) is 18.2 Å². The van der Waals surface area contributed by atoms with E-state index < -0.39 is 0 Å². The van der Waals surface area contributed by atoms with Crippen LogP contribution in [-0.4, -0.2) is 29.6 Å². The summed E-state index contributed by atoms with van der Waals surface area (Å²) in [5, 5.41) is 12.4. The summed E-state index contributed by atoms with van der Waals surface area (Å²) in [5.74, 6) is 0.716. The number of para-hydroxylation sites is 1. The van der Waals surface area contributed by atoms with E-state index in [2.05, 4.69) is 108 Å². The lowest BCUT2D eigenvalue weighted by molar-refractivity contribution is 0.692. The summed E-state index contributed by atoms with van der Waals surface area (Å²) in [5.41, 5.74) is 2.55. The van der Waals surface area contributed by atoms with Crippen molar-refractivity contribution in [3.8, 4) is 11.4 Å². The third-order valence-electron chi connectivity index (χ3n) is 4.15. The first kappa shape index (κ1) is 21.3. The molecule has 0 N–H and O–H groups in total. The fraction of sp³-hybridized carbons (Fsp3) is 0.111. The normalized spacial score (nSPS) is 11.2. The second-order valence-electron chi connectivity index (χ2n) is 6.02. The molecule has 2 aromatic heterocycles. The summed E-state index contributed by atoms with van der Waals surface area (Å²) >= 11 is 8.59. The van der Waals surface area contributed by atoms with Crippen LogP contribution in [0.3, 0.4) is 0 Å². The minimum Gasteiger partial charge on any atom is -0.244 e. The lowest BCUT2D eigenvalue weighted by atomic mass is 10.2. The Kier molecular flexibility index (Phi) is 6.65. The van der Waals surface area contributed by atoms with Gasteiger partial charge in [-0.15, -0.1) is 11.8 Å². The van der Waals surface area contributed by atoms with Crippen LogP contribution in [0.2, 0.25) is 0 Å². The number of thioether (sulfide) groups is 1. The van der Waals surface area contributed by atoms with E-state index in [-0.39, 0.29) is 5.69 Å². The van der Waals surface area contributed by atoms with E-state index in [1.807, 2.05) is 28.9 Å². The number of aryl methyl sites for hydroxylation is 1. The largest absolute Gasteiger partial charge is 0.368 e. The van der Waals surface area contributed by atoms with Gasteiger partial charge in [0.2, 0.25) is 0 Å². The number of rotatable bonds is 5. The van der Waals surface area contributed by atoms with Crippen LogP contribution in [0.4, 0.5) is 0 Å². The third-order valence-corrected chi connectivity index (χ3v) is 10.1. The SMILES string of the molecule is Cn1nnn(-c2ccccc2CSc2ccc(-n3nc(I)c(I)c3I)cc2)c1=O. The minimum atomic E-state index is -0.259. The molecule has 0 spiro atoms. The molecule has 0 aliphatic rings. The maximum atomic E-state index is 12.2. The van der Waals surface area contributed by atoms with Gasteiger partial charge in [-0.2, -0.15) is 14.5 Å². The Hall–Kier alpha value is -0.940. The van der Waals surface area contributed by atoms with Crippen LogP contribution in [0.25, 0.3) is 11.4 Å². The number of aromatic nitrogens is 6. The van der Waals surface area contributed by atoms with Crippen LogP contribution in [-0.2, 0) is 12.8 Å². The van der Waals surface area contributed by atoms with Crippen LogP contribution < -0.4 is 5.69 Å². The van der Waals surface area contributed by atoms with Crippen LogP contribution >= 0.6 is 79.5 Å². The Morgan fingerprint density at radius 2 is 1.69 bits per heavy atom. The summed E-state index contributed by atoms with van der Waals surface area (Å²) in [6, 6.07) is 16.1. The Morgan fingerprint density at radius 3 is 2.31 bits per heavy atom. The molecule has 4 rings (SSSR count). The Labute approximate surface area is 211 Å². The van der Waals surface area contributed by atoms with Gasteiger partial charge in [0.15, 0.2) is 0 Å².